The van der Waals surface area contributed by atoms with Gasteiger partial charge >= 0.3 is 6.18 Å². The number of nitrogens with two attached hydrogens (primary N) is 1. The van der Waals surface area contributed by atoms with Gasteiger partial charge in [-0.2, -0.15) is 13.2 Å². The van der Waals surface area contributed by atoms with Gasteiger partial charge in [-0.05, 0) is 12.1 Å². The minimum atomic E-state index is -4.19. The molecule has 2 N–H and O–H groups in total. The van der Waals surface area contributed by atoms with Crippen molar-refractivity contribution in [3.05, 3.63) is 29.8 Å². The molecule has 0 aliphatic rings. The summed E-state index contributed by atoms with van der Waals surface area (Å²) >= 11 is 4.82. The monoisotopic (exact) mass is 293 g/mol. The van der Waals surface area contributed by atoms with Gasteiger partial charge in [0.15, 0.2) is 0 Å². The number of ether oxygens (including phenoxy) is 2. The Labute approximate surface area is 114 Å². The first-order chi connectivity index (χ1) is 8.88. The average molecular weight is 293 g/mol. The molecule has 106 valence electrons. The lowest BCUT2D eigenvalue weighted by Crippen LogP contribution is -2.14. The molecule has 0 heterocycles. The normalized spacial score (nSPS) is 11.3. The molecule has 1 aromatic carbocycles. The standard InChI is InChI=1S/C12H14F3NO2S/c13-12(14,15)4-5-17-6-7-18-10-3-1-2-9(8-10)11(16)19/h1-3,8H,4-7H2,(H2,16,19). The second-order valence-corrected chi connectivity index (χ2v) is 4.16. The molecular formula is C12H14F3NO2S. The fraction of sp³-hybridized carbons (Fsp3) is 0.417. The van der Waals surface area contributed by atoms with Crippen LogP contribution in [0, 0.1) is 0 Å². The molecule has 0 atom stereocenters. The van der Waals surface area contributed by atoms with Gasteiger partial charge < -0.3 is 15.2 Å². The van der Waals surface area contributed by atoms with Crippen LogP contribution in [0.2, 0.25) is 0 Å². The Kier molecular flexibility index (Phi) is 6.04. The number of hydrogen-bond donors (Lipinski definition) is 1. The minimum absolute atomic E-state index is 0.0907. The van der Waals surface area contributed by atoms with Crippen LogP contribution >= 0.6 is 12.2 Å². The van der Waals surface area contributed by atoms with E-state index in [4.69, 9.17) is 27.4 Å². The molecule has 1 aromatic rings. The number of thiocarbonyl (C=S) groups is 1. The average Bonchev–Trinajstić information content (AvgIpc) is 2.32. The molecule has 0 aliphatic heterocycles. The zero-order chi connectivity index (χ0) is 14.3. The van der Waals surface area contributed by atoms with Crippen molar-refractivity contribution < 1.29 is 22.6 Å². The third kappa shape index (κ3) is 6.97. The lowest BCUT2D eigenvalue weighted by atomic mass is 10.2. The number of rotatable bonds is 7. The molecule has 0 aromatic heterocycles. The van der Waals surface area contributed by atoms with Gasteiger partial charge in [0.25, 0.3) is 0 Å². The SMILES string of the molecule is NC(=S)c1cccc(OCCOCCC(F)(F)F)c1. The van der Waals surface area contributed by atoms with E-state index in [1.807, 2.05) is 0 Å². The topological polar surface area (TPSA) is 44.5 Å². The van der Waals surface area contributed by atoms with Crippen LogP contribution in [0.15, 0.2) is 24.3 Å². The molecule has 0 amide bonds. The van der Waals surface area contributed by atoms with Gasteiger partial charge in [-0.25, -0.2) is 0 Å². The van der Waals surface area contributed by atoms with Crippen LogP contribution in [-0.2, 0) is 4.74 Å². The van der Waals surface area contributed by atoms with Gasteiger partial charge in [-0.3, -0.25) is 0 Å². The Bertz CT molecular complexity index is 424. The fourth-order valence-corrected chi connectivity index (χ4v) is 1.37. The molecule has 19 heavy (non-hydrogen) atoms. The maximum Gasteiger partial charge on any atom is 0.391 e. The van der Waals surface area contributed by atoms with Crippen LogP contribution < -0.4 is 10.5 Å². The molecule has 0 unspecified atom stereocenters. The number of halogens is 3. The van der Waals surface area contributed by atoms with Crippen LogP contribution in [0.25, 0.3) is 0 Å². The van der Waals surface area contributed by atoms with Gasteiger partial charge in [0.05, 0.1) is 19.6 Å². The van der Waals surface area contributed by atoms with Gasteiger partial charge in [0.1, 0.15) is 17.3 Å². The van der Waals surface area contributed by atoms with Crippen LogP contribution in [-0.4, -0.2) is 31.0 Å². The van der Waals surface area contributed by atoms with Crippen molar-refractivity contribution in [1.29, 1.82) is 0 Å². The number of alkyl halides is 3. The molecule has 0 radical (unpaired) electrons. The molecule has 3 nitrogen and oxygen atoms in total. The van der Waals surface area contributed by atoms with Crippen LogP contribution in [0.3, 0.4) is 0 Å². The van der Waals surface area contributed by atoms with Crippen molar-refractivity contribution in [2.45, 2.75) is 12.6 Å². The summed E-state index contributed by atoms with van der Waals surface area (Å²) in [6.45, 7) is -0.105. The second-order valence-electron chi connectivity index (χ2n) is 3.72. The van der Waals surface area contributed by atoms with Gasteiger partial charge in [0.2, 0.25) is 0 Å². The van der Waals surface area contributed by atoms with E-state index < -0.39 is 12.6 Å². The molecule has 0 saturated carbocycles. The first-order valence-electron chi connectivity index (χ1n) is 5.55. The van der Waals surface area contributed by atoms with Crippen molar-refractivity contribution in [1.82, 2.24) is 0 Å². The first kappa shape index (κ1) is 15.7. The predicted octanol–water partition coefficient (Wildman–Crippen LogP) is 2.67. The van der Waals surface area contributed by atoms with Crippen molar-refractivity contribution in [3.63, 3.8) is 0 Å². The van der Waals surface area contributed by atoms with E-state index in [0.717, 1.165) is 0 Å². The Balaban J connectivity index is 2.23. The maximum absolute atomic E-state index is 11.8. The predicted molar refractivity (Wildman–Crippen MR) is 69.3 cm³/mol. The Hall–Kier alpha value is -1.34. The highest BCUT2D eigenvalue weighted by Gasteiger charge is 2.26. The molecule has 0 fully saturated rings. The van der Waals surface area contributed by atoms with Crippen LogP contribution in [0.1, 0.15) is 12.0 Å². The van der Waals surface area contributed by atoms with Crippen molar-refractivity contribution in [2.24, 2.45) is 5.73 Å². The number of benzene rings is 1. The Morgan fingerprint density at radius 2 is 1.95 bits per heavy atom. The lowest BCUT2D eigenvalue weighted by molar-refractivity contribution is -0.145. The third-order valence-corrected chi connectivity index (χ3v) is 2.38. The highest BCUT2D eigenvalue weighted by molar-refractivity contribution is 7.80. The molecule has 0 bridgehead atoms. The largest absolute Gasteiger partial charge is 0.491 e. The lowest BCUT2D eigenvalue weighted by Gasteiger charge is -2.09. The quantitative estimate of drug-likeness (QED) is 0.620. The third-order valence-electron chi connectivity index (χ3n) is 2.14. The molecule has 0 aliphatic carbocycles. The van der Waals surface area contributed by atoms with E-state index in [1.165, 1.54) is 0 Å². The Morgan fingerprint density at radius 1 is 1.21 bits per heavy atom. The highest BCUT2D eigenvalue weighted by atomic mass is 32.1. The van der Waals surface area contributed by atoms with E-state index in [2.05, 4.69) is 0 Å². The molecule has 7 heteroatoms. The zero-order valence-electron chi connectivity index (χ0n) is 10.1. The van der Waals surface area contributed by atoms with Crippen molar-refractivity contribution in [3.8, 4) is 5.75 Å². The van der Waals surface area contributed by atoms with Crippen LogP contribution in [0.4, 0.5) is 13.2 Å². The summed E-state index contributed by atoms with van der Waals surface area (Å²) < 4.78 is 45.6. The summed E-state index contributed by atoms with van der Waals surface area (Å²) in [4.78, 5) is 0.256. The summed E-state index contributed by atoms with van der Waals surface area (Å²) in [5.74, 6) is 0.546. The second kappa shape index (κ2) is 7.30. The van der Waals surface area contributed by atoms with E-state index in [1.54, 1.807) is 24.3 Å². The summed E-state index contributed by atoms with van der Waals surface area (Å²) in [5, 5.41) is 0. The fourth-order valence-electron chi connectivity index (χ4n) is 1.25. The van der Waals surface area contributed by atoms with Gasteiger partial charge in [-0.1, -0.05) is 24.4 Å². The summed E-state index contributed by atoms with van der Waals surface area (Å²) in [5.41, 5.74) is 6.13. The molecule has 0 spiro atoms. The van der Waals surface area contributed by atoms with E-state index >= 15 is 0 Å². The molecule has 0 saturated heterocycles. The highest BCUT2D eigenvalue weighted by Crippen LogP contribution is 2.19. The Morgan fingerprint density at radius 3 is 2.58 bits per heavy atom. The maximum atomic E-state index is 11.8. The van der Waals surface area contributed by atoms with Crippen molar-refractivity contribution in [2.75, 3.05) is 19.8 Å². The van der Waals surface area contributed by atoms with Gasteiger partial charge in [-0.15, -0.1) is 0 Å². The zero-order valence-corrected chi connectivity index (χ0v) is 10.9. The smallest absolute Gasteiger partial charge is 0.391 e. The molecule has 1 rings (SSSR count). The van der Waals surface area contributed by atoms with E-state index in [-0.39, 0.29) is 24.8 Å². The first-order valence-corrected chi connectivity index (χ1v) is 5.96. The van der Waals surface area contributed by atoms with Crippen molar-refractivity contribution >= 4 is 17.2 Å². The summed E-state index contributed by atoms with van der Waals surface area (Å²) in [7, 11) is 0. The van der Waals surface area contributed by atoms with Gasteiger partial charge in [0, 0.05) is 5.56 Å². The summed E-state index contributed by atoms with van der Waals surface area (Å²) in [6, 6.07) is 6.85. The van der Waals surface area contributed by atoms with E-state index in [9.17, 15) is 13.2 Å². The number of hydrogen-bond acceptors (Lipinski definition) is 3. The molecular weight excluding hydrogens is 279 g/mol. The minimum Gasteiger partial charge on any atom is -0.491 e. The summed E-state index contributed by atoms with van der Waals surface area (Å²) in [6.07, 6.45) is -5.14. The van der Waals surface area contributed by atoms with Crippen LogP contribution in [0.5, 0.6) is 5.75 Å². The van der Waals surface area contributed by atoms with E-state index in [0.29, 0.717) is 11.3 Å².